The smallest absolute Gasteiger partial charge is 0.255 e. The van der Waals surface area contributed by atoms with Gasteiger partial charge in [0.1, 0.15) is 11.5 Å². The molecule has 4 heteroatoms. The van der Waals surface area contributed by atoms with E-state index in [-0.39, 0.29) is 6.61 Å². The molecule has 4 nitrogen and oxygen atoms in total. The van der Waals surface area contributed by atoms with Gasteiger partial charge in [-0.2, -0.15) is 0 Å². The molecule has 2 aromatic rings. The molecule has 1 amide bonds. The molecule has 150 valence electrons. The predicted molar refractivity (Wildman–Crippen MR) is 112 cm³/mol. The van der Waals surface area contributed by atoms with E-state index in [9.17, 15) is 4.79 Å². The maximum Gasteiger partial charge on any atom is 0.255 e. The van der Waals surface area contributed by atoms with E-state index in [1.807, 2.05) is 25.1 Å². The summed E-state index contributed by atoms with van der Waals surface area (Å²) in [7, 11) is 0. The summed E-state index contributed by atoms with van der Waals surface area (Å²) in [5.74, 6) is 3.10. The summed E-state index contributed by atoms with van der Waals surface area (Å²) in [6.45, 7) is 4.97. The lowest BCUT2D eigenvalue weighted by Gasteiger charge is -2.18. The maximum absolute atomic E-state index is 10.8. The lowest BCUT2D eigenvalue weighted by Crippen LogP contribution is -2.19. The van der Waals surface area contributed by atoms with E-state index in [4.69, 9.17) is 15.2 Å². The predicted octanol–water partition coefficient (Wildman–Crippen LogP) is 5.03. The van der Waals surface area contributed by atoms with Crippen LogP contribution in [0.1, 0.15) is 62.5 Å². The lowest BCUT2D eigenvalue weighted by molar-refractivity contribution is -0.119. The first-order valence-electron chi connectivity index (χ1n) is 10.3. The van der Waals surface area contributed by atoms with Crippen LogP contribution < -0.4 is 15.2 Å². The third-order valence-corrected chi connectivity index (χ3v) is 5.70. The summed E-state index contributed by atoms with van der Waals surface area (Å²) in [6, 6.07) is 16.6. The summed E-state index contributed by atoms with van der Waals surface area (Å²) < 4.78 is 11.0. The second-order valence-electron chi connectivity index (χ2n) is 7.84. The van der Waals surface area contributed by atoms with Crippen molar-refractivity contribution >= 4 is 5.91 Å². The Kier molecular flexibility index (Phi) is 6.96. The lowest BCUT2D eigenvalue weighted by atomic mass is 9.88. The third-order valence-electron chi connectivity index (χ3n) is 5.70. The number of ether oxygens (including phenoxy) is 2. The molecule has 28 heavy (non-hydrogen) atoms. The van der Waals surface area contributed by atoms with Crippen molar-refractivity contribution in [3.8, 4) is 11.5 Å². The molecule has 3 atom stereocenters. The molecular formula is C24H31NO3. The van der Waals surface area contributed by atoms with Crippen LogP contribution in [0.2, 0.25) is 0 Å². The molecular weight excluding hydrogens is 350 g/mol. The van der Waals surface area contributed by atoms with E-state index in [0.29, 0.717) is 24.2 Å². The minimum atomic E-state index is -0.455. The van der Waals surface area contributed by atoms with E-state index in [2.05, 4.69) is 37.3 Å². The summed E-state index contributed by atoms with van der Waals surface area (Å²) in [5.41, 5.74) is 7.85. The Balaban J connectivity index is 1.53. The van der Waals surface area contributed by atoms with E-state index >= 15 is 0 Å². The van der Waals surface area contributed by atoms with Crippen molar-refractivity contribution in [3.63, 3.8) is 0 Å². The van der Waals surface area contributed by atoms with Crippen LogP contribution in [0.25, 0.3) is 0 Å². The summed E-state index contributed by atoms with van der Waals surface area (Å²) in [5, 5.41) is 0. The number of benzene rings is 2. The van der Waals surface area contributed by atoms with Crippen molar-refractivity contribution in [1.82, 2.24) is 0 Å². The van der Waals surface area contributed by atoms with Gasteiger partial charge in [0.25, 0.3) is 5.91 Å². The van der Waals surface area contributed by atoms with Crippen LogP contribution >= 0.6 is 0 Å². The highest BCUT2D eigenvalue weighted by Crippen LogP contribution is 2.42. The minimum absolute atomic E-state index is 0.0762. The zero-order valence-electron chi connectivity index (χ0n) is 16.9. The standard InChI is InChI=1S/C24H31NO3/c1-3-27-23-6-4-5-20(15-23)17(2)13-18-7-8-21(14-18)19-9-11-22(12-10-19)28-16-24(25)26/h4-6,9-12,15,17-18,21H,3,7-8,13-14,16H2,1-2H3,(H2,25,26)/t17-,18?,21+/m0/s1. The highest BCUT2D eigenvalue weighted by molar-refractivity contribution is 5.75. The third kappa shape index (κ3) is 5.51. The Morgan fingerprint density at radius 3 is 2.61 bits per heavy atom. The van der Waals surface area contributed by atoms with Crippen molar-refractivity contribution in [2.75, 3.05) is 13.2 Å². The van der Waals surface area contributed by atoms with Gasteiger partial charge >= 0.3 is 0 Å². The first kappa shape index (κ1) is 20.2. The van der Waals surface area contributed by atoms with Crippen LogP contribution in [-0.2, 0) is 4.79 Å². The first-order chi connectivity index (χ1) is 13.5. The Bertz CT molecular complexity index is 772. The fourth-order valence-corrected chi connectivity index (χ4v) is 4.30. The molecule has 3 rings (SSSR count). The average molecular weight is 382 g/mol. The number of amides is 1. The number of hydrogen-bond donors (Lipinski definition) is 1. The summed E-state index contributed by atoms with van der Waals surface area (Å²) in [6.07, 6.45) is 4.96. The maximum atomic E-state index is 10.8. The van der Waals surface area contributed by atoms with Gasteiger partial charge in [0.15, 0.2) is 6.61 Å². The van der Waals surface area contributed by atoms with E-state index in [1.165, 1.54) is 36.8 Å². The molecule has 1 unspecified atom stereocenters. The second kappa shape index (κ2) is 9.63. The molecule has 1 saturated carbocycles. The van der Waals surface area contributed by atoms with Crippen molar-refractivity contribution in [3.05, 3.63) is 59.7 Å². The zero-order chi connectivity index (χ0) is 19.9. The normalized spacial score (nSPS) is 19.9. The van der Waals surface area contributed by atoms with Crippen molar-refractivity contribution in [2.45, 2.75) is 51.4 Å². The molecule has 1 fully saturated rings. The van der Waals surface area contributed by atoms with Crippen LogP contribution in [-0.4, -0.2) is 19.1 Å². The quantitative estimate of drug-likeness (QED) is 0.663. The number of primary amides is 1. The van der Waals surface area contributed by atoms with Crippen LogP contribution in [0.4, 0.5) is 0 Å². The van der Waals surface area contributed by atoms with Gasteiger partial charge in [-0.3, -0.25) is 4.79 Å². The number of carbonyl (C=O) groups is 1. The minimum Gasteiger partial charge on any atom is -0.494 e. The number of rotatable bonds is 9. The fourth-order valence-electron chi connectivity index (χ4n) is 4.30. The Morgan fingerprint density at radius 2 is 1.89 bits per heavy atom. The average Bonchev–Trinajstić information content (AvgIpc) is 3.15. The highest BCUT2D eigenvalue weighted by atomic mass is 16.5. The van der Waals surface area contributed by atoms with E-state index in [0.717, 1.165) is 11.7 Å². The molecule has 1 aliphatic carbocycles. The largest absolute Gasteiger partial charge is 0.494 e. The molecule has 2 aromatic carbocycles. The van der Waals surface area contributed by atoms with Crippen LogP contribution in [0, 0.1) is 5.92 Å². The first-order valence-corrected chi connectivity index (χ1v) is 10.3. The molecule has 0 heterocycles. The van der Waals surface area contributed by atoms with Crippen LogP contribution in [0.3, 0.4) is 0 Å². The monoisotopic (exact) mass is 381 g/mol. The molecule has 0 aromatic heterocycles. The van der Waals surface area contributed by atoms with Gasteiger partial charge in [-0.25, -0.2) is 0 Å². The Labute approximate surface area is 168 Å². The summed E-state index contributed by atoms with van der Waals surface area (Å²) in [4.78, 5) is 10.8. The van der Waals surface area contributed by atoms with Gasteiger partial charge in [-0.1, -0.05) is 31.2 Å². The molecule has 0 spiro atoms. The molecule has 0 aliphatic heterocycles. The number of hydrogen-bond acceptors (Lipinski definition) is 3. The van der Waals surface area contributed by atoms with Crippen molar-refractivity contribution in [2.24, 2.45) is 11.7 Å². The molecule has 0 radical (unpaired) electrons. The topological polar surface area (TPSA) is 61.6 Å². The van der Waals surface area contributed by atoms with Gasteiger partial charge < -0.3 is 15.2 Å². The molecule has 1 aliphatic rings. The van der Waals surface area contributed by atoms with E-state index in [1.54, 1.807) is 0 Å². The molecule has 0 saturated heterocycles. The van der Waals surface area contributed by atoms with Crippen LogP contribution in [0.5, 0.6) is 11.5 Å². The second-order valence-corrected chi connectivity index (χ2v) is 7.84. The van der Waals surface area contributed by atoms with Gasteiger partial charge in [0, 0.05) is 0 Å². The molecule has 2 N–H and O–H groups in total. The van der Waals surface area contributed by atoms with Crippen molar-refractivity contribution in [1.29, 1.82) is 0 Å². The summed E-state index contributed by atoms with van der Waals surface area (Å²) >= 11 is 0. The SMILES string of the molecule is CCOc1cccc([C@@H](C)CC2CC[C@@H](c3ccc(OCC(N)=O)cc3)C2)c1. The number of nitrogens with two attached hydrogens (primary N) is 1. The number of carbonyl (C=O) groups excluding carboxylic acids is 1. The van der Waals surface area contributed by atoms with Crippen LogP contribution in [0.15, 0.2) is 48.5 Å². The molecule has 0 bridgehead atoms. The van der Waals surface area contributed by atoms with Crippen molar-refractivity contribution < 1.29 is 14.3 Å². The zero-order valence-corrected chi connectivity index (χ0v) is 16.9. The van der Waals surface area contributed by atoms with Gasteiger partial charge in [0.05, 0.1) is 6.61 Å². The Hall–Kier alpha value is -2.49. The Morgan fingerprint density at radius 1 is 1.11 bits per heavy atom. The van der Waals surface area contributed by atoms with Gasteiger partial charge in [-0.15, -0.1) is 0 Å². The van der Waals surface area contributed by atoms with Gasteiger partial charge in [0.2, 0.25) is 0 Å². The van der Waals surface area contributed by atoms with E-state index < -0.39 is 5.91 Å². The fraction of sp³-hybridized carbons (Fsp3) is 0.458. The van der Waals surface area contributed by atoms with Gasteiger partial charge in [-0.05, 0) is 85.8 Å². The highest BCUT2D eigenvalue weighted by Gasteiger charge is 2.27.